The van der Waals surface area contributed by atoms with E-state index in [1.54, 1.807) is 0 Å². The maximum Gasteiger partial charge on any atom is 0.441 e. The molecule has 0 amide bonds. The third kappa shape index (κ3) is 4.68. The lowest BCUT2D eigenvalue weighted by Crippen LogP contribution is -2.11. The summed E-state index contributed by atoms with van der Waals surface area (Å²) in [6, 6.07) is 1.78. The number of nitrogen functional groups attached to an aromatic ring is 1. The average molecular weight is 272 g/mol. The molecule has 1 rings (SSSR count). The largest absolute Gasteiger partial charge is 0.441 e. The lowest BCUT2D eigenvalue weighted by molar-refractivity contribution is -0.0327. The molecule has 17 heavy (non-hydrogen) atoms. The van der Waals surface area contributed by atoms with Crippen molar-refractivity contribution < 1.29 is 22.0 Å². The molecule has 0 aliphatic carbocycles. The summed E-state index contributed by atoms with van der Waals surface area (Å²) in [6.45, 7) is -0.206. The molecular formula is C9H9F5N2S. The van der Waals surface area contributed by atoms with Gasteiger partial charge in [0.05, 0.1) is 0 Å². The molecule has 3 N–H and O–H groups in total. The molecule has 0 aliphatic heterocycles. The van der Waals surface area contributed by atoms with Crippen molar-refractivity contribution in [2.75, 3.05) is 23.3 Å². The van der Waals surface area contributed by atoms with Gasteiger partial charge in [-0.05, 0) is 23.9 Å². The van der Waals surface area contributed by atoms with E-state index in [-0.39, 0.29) is 29.7 Å². The Kier molecular flexibility index (Phi) is 4.44. The van der Waals surface area contributed by atoms with Crippen molar-refractivity contribution in [3.05, 3.63) is 23.8 Å². The third-order valence-electron chi connectivity index (χ3n) is 1.73. The van der Waals surface area contributed by atoms with Gasteiger partial charge < -0.3 is 11.1 Å². The Balaban J connectivity index is 2.53. The smallest absolute Gasteiger partial charge is 0.399 e. The molecule has 1 aromatic carbocycles. The highest BCUT2D eigenvalue weighted by Gasteiger charge is 2.27. The van der Waals surface area contributed by atoms with Crippen molar-refractivity contribution >= 4 is 23.1 Å². The fraction of sp³-hybridized carbons (Fsp3) is 0.333. The molecule has 1 aromatic rings. The first-order valence-corrected chi connectivity index (χ1v) is 5.47. The molecule has 0 saturated carbocycles. The average Bonchev–Trinajstić information content (AvgIpc) is 2.13. The summed E-state index contributed by atoms with van der Waals surface area (Å²) in [7, 11) is 0. The molecule has 0 heterocycles. The minimum absolute atomic E-state index is 0.0878. The third-order valence-corrected chi connectivity index (χ3v) is 2.47. The molecule has 0 aliphatic rings. The van der Waals surface area contributed by atoms with E-state index in [4.69, 9.17) is 5.73 Å². The normalized spacial score (nSPS) is 11.6. The molecular weight excluding hydrogens is 263 g/mol. The van der Waals surface area contributed by atoms with Crippen LogP contribution in [0.5, 0.6) is 0 Å². The van der Waals surface area contributed by atoms with Crippen LogP contribution in [0.3, 0.4) is 0 Å². The molecule has 0 aromatic heterocycles. The Hall–Kier alpha value is -1.18. The standard InChI is InChI=1S/C9H9F5N2S/c10-6-3-5(15)4-7(11)8(6)16-1-2-17-9(12,13)14/h3-4,16H,1-2,15H2. The fourth-order valence-electron chi connectivity index (χ4n) is 1.10. The van der Waals surface area contributed by atoms with Crippen LogP contribution in [0.15, 0.2) is 12.1 Å². The van der Waals surface area contributed by atoms with Gasteiger partial charge in [0.15, 0.2) is 11.6 Å². The van der Waals surface area contributed by atoms with Crippen LogP contribution in [-0.2, 0) is 0 Å². The van der Waals surface area contributed by atoms with Gasteiger partial charge in [-0.1, -0.05) is 0 Å². The lowest BCUT2D eigenvalue weighted by Gasteiger charge is -2.10. The Morgan fingerprint density at radius 3 is 2.18 bits per heavy atom. The number of alkyl halides is 3. The van der Waals surface area contributed by atoms with Crippen molar-refractivity contribution in [2.45, 2.75) is 5.51 Å². The van der Waals surface area contributed by atoms with Crippen molar-refractivity contribution in [2.24, 2.45) is 0 Å². The summed E-state index contributed by atoms with van der Waals surface area (Å²) in [5, 5.41) is 2.25. The molecule has 8 heteroatoms. The minimum atomic E-state index is -4.35. The van der Waals surface area contributed by atoms with Gasteiger partial charge in [0.1, 0.15) is 5.69 Å². The first-order chi connectivity index (χ1) is 7.79. The predicted octanol–water partition coefficient (Wildman–Crippen LogP) is 3.21. The zero-order valence-corrected chi connectivity index (χ0v) is 9.26. The van der Waals surface area contributed by atoms with Gasteiger partial charge in [-0.3, -0.25) is 0 Å². The Bertz CT molecular complexity index is 370. The van der Waals surface area contributed by atoms with Crippen LogP contribution in [0, 0.1) is 11.6 Å². The number of hydrogen-bond acceptors (Lipinski definition) is 3. The van der Waals surface area contributed by atoms with E-state index in [1.165, 1.54) is 0 Å². The van der Waals surface area contributed by atoms with E-state index in [1.807, 2.05) is 0 Å². The Labute approximate surface area is 98.4 Å². The van der Waals surface area contributed by atoms with Crippen LogP contribution in [0.1, 0.15) is 0 Å². The highest BCUT2D eigenvalue weighted by molar-refractivity contribution is 8.00. The number of hydrogen-bond donors (Lipinski definition) is 2. The van der Waals surface area contributed by atoms with E-state index >= 15 is 0 Å². The summed E-state index contributed by atoms with van der Waals surface area (Å²) in [6.07, 6.45) is 0. The van der Waals surface area contributed by atoms with Crippen molar-refractivity contribution in [1.29, 1.82) is 0 Å². The van der Waals surface area contributed by atoms with E-state index in [2.05, 4.69) is 5.32 Å². The summed E-state index contributed by atoms with van der Waals surface area (Å²) in [5.41, 5.74) is 0.274. The van der Waals surface area contributed by atoms with Gasteiger partial charge in [0.2, 0.25) is 0 Å². The second-order valence-corrected chi connectivity index (χ2v) is 4.24. The number of nitrogens with two attached hydrogens (primary N) is 1. The van der Waals surface area contributed by atoms with Gasteiger partial charge in [0, 0.05) is 18.0 Å². The van der Waals surface area contributed by atoms with E-state index < -0.39 is 22.8 Å². The second-order valence-electron chi connectivity index (χ2n) is 3.08. The zero-order chi connectivity index (χ0) is 13.1. The van der Waals surface area contributed by atoms with Gasteiger partial charge in [0.25, 0.3) is 0 Å². The highest BCUT2D eigenvalue weighted by atomic mass is 32.2. The van der Waals surface area contributed by atoms with Crippen LogP contribution in [-0.4, -0.2) is 17.8 Å². The van der Waals surface area contributed by atoms with Crippen molar-refractivity contribution in [3.63, 3.8) is 0 Å². The van der Waals surface area contributed by atoms with Gasteiger partial charge in [-0.2, -0.15) is 13.2 Å². The first-order valence-electron chi connectivity index (χ1n) is 4.48. The van der Waals surface area contributed by atoms with Crippen LogP contribution in [0.2, 0.25) is 0 Å². The number of halogens is 5. The van der Waals surface area contributed by atoms with E-state index in [9.17, 15) is 22.0 Å². The monoisotopic (exact) mass is 272 g/mol. The molecule has 0 spiro atoms. The molecule has 0 saturated heterocycles. The first kappa shape index (κ1) is 13.9. The minimum Gasteiger partial charge on any atom is -0.399 e. The van der Waals surface area contributed by atoms with Crippen molar-refractivity contribution in [1.82, 2.24) is 0 Å². The summed E-state index contributed by atoms with van der Waals surface area (Å²) in [4.78, 5) is 0. The predicted molar refractivity (Wildman–Crippen MR) is 57.8 cm³/mol. The molecule has 96 valence electrons. The SMILES string of the molecule is Nc1cc(F)c(NCCSC(F)(F)F)c(F)c1. The topological polar surface area (TPSA) is 38.0 Å². The van der Waals surface area contributed by atoms with Crippen LogP contribution in [0.25, 0.3) is 0 Å². The van der Waals surface area contributed by atoms with Gasteiger partial charge in [-0.25, -0.2) is 8.78 Å². The van der Waals surface area contributed by atoms with Gasteiger partial charge in [-0.15, -0.1) is 0 Å². The molecule has 0 radical (unpaired) electrons. The van der Waals surface area contributed by atoms with E-state index in [0.717, 1.165) is 12.1 Å². The van der Waals surface area contributed by atoms with Gasteiger partial charge >= 0.3 is 5.51 Å². The number of thioether (sulfide) groups is 1. The Morgan fingerprint density at radius 1 is 1.18 bits per heavy atom. The lowest BCUT2D eigenvalue weighted by atomic mass is 10.2. The molecule has 0 unspecified atom stereocenters. The molecule has 0 atom stereocenters. The fourth-order valence-corrected chi connectivity index (χ4v) is 1.54. The zero-order valence-electron chi connectivity index (χ0n) is 8.44. The summed E-state index contributed by atoms with van der Waals surface area (Å²) in [5.74, 6) is -2.20. The quantitative estimate of drug-likeness (QED) is 0.502. The maximum atomic E-state index is 13.2. The second kappa shape index (κ2) is 5.44. The maximum absolute atomic E-state index is 13.2. The van der Waals surface area contributed by atoms with Crippen LogP contribution < -0.4 is 11.1 Å². The number of benzene rings is 1. The molecule has 0 fully saturated rings. The summed E-state index contributed by atoms with van der Waals surface area (Å²) < 4.78 is 61.6. The Morgan fingerprint density at radius 2 is 1.71 bits per heavy atom. The van der Waals surface area contributed by atoms with Crippen LogP contribution in [0.4, 0.5) is 33.3 Å². The molecule has 0 bridgehead atoms. The number of anilines is 2. The number of nitrogens with one attached hydrogen (secondary N) is 1. The number of rotatable bonds is 4. The van der Waals surface area contributed by atoms with Crippen molar-refractivity contribution in [3.8, 4) is 0 Å². The van der Waals surface area contributed by atoms with Crippen LogP contribution >= 0.6 is 11.8 Å². The highest BCUT2D eigenvalue weighted by Crippen LogP contribution is 2.30. The molecule has 2 nitrogen and oxygen atoms in total. The summed E-state index contributed by atoms with van der Waals surface area (Å²) >= 11 is -0.264. The van der Waals surface area contributed by atoms with E-state index in [0.29, 0.717) is 0 Å².